The third-order valence-electron chi connectivity index (χ3n) is 6.26. The van der Waals surface area contributed by atoms with Gasteiger partial charge in [0.15, 0.2) is 0 Å². The number of nitrogens with zero attached hydrogens (tertiary/aromatic N) is 3. The van der Waals surface area contributed by atoms with Gasteiger partial charge in [0.25, 0.3) is 8.56 Å². The molecule has 0 aliphatic rings. The van der Waals surface area contributed by atoms with Gasteiger partial charge in [-0.25, -0.2) is 0 Å². The van der Waals surface area contributed by atoms with Crippen LogP contribution in [0.3, 0.4) is 0 Å². The van der Waals surface area contributed by atoms with Crippen molar-refractivity contribution in [1.29, 1.82) is 0 Å². The second kappa shape index (κ2) is 17.0. The first-order valence-electron chi connectivity index (χ1n) is 11.9. The average Bonchev–Trinajstić information content (AvgIpc) is 2.60. The molecule has 0 saturated carbocycles. The molecule has 0 spiro atoms. The highest BCUT2D eigenvalue weighted by Crippen LogP contribution is 2.22. The highest BCUT2D eigenvalue weighted by Gasteiger charge is 2.41. The average molecular weight is 400 g/mol. The van der Waals surface area contributed by atoms with Gasteiger partial charge in [0.05, 0.1) is 0 Å². The van der Waals surface area contributed by atoms with Gasteiger partial charge in [-0.15, -0.1) is 0 Å². The molecule has 0 saturated heterocycles. The molecular weight excluding hydrogens is 346 g/mol. The van der Waals surface area contributed by atoms with Crippen LogP contribution in [-0.2, 0) is 0 Å². The molecule has 0 heterocycles. The fourth-order valence-electron chi connectivity index (χ4n) is 4.60. The standard InChI is InChI=1S/C23H53N3Si/c1-8-9-10-11-12-13-14-15-16-17-18-19-20-21-22-23-27(24(2)3,25(4)5)26(6)7/h8-23H2,1-7H3. The minimum Gasteiger partial charge on any atom is -0.305 e. The predicted molar refractivity (Wildman–Crippen MR) is 127 cm³/mol. The van der Waals surface area contributed by atoms with Gasteiger partial charge in [-0.2, -0.15) is 0 Å². The van der Waals surface area contributed by atoms with Crippen molar-refractivity contribution in [2.45, 2.75) is 109 Å². The molecule has 3 nitrogen and oxygen atoms in total. The predicted octanol–water partition coefficient (Wildman–Crippen LogP) is 6.48. The number of hydrogen-bond donors (Lipinski definition) is 0. The molecule has 0 aromatic heterocycles. The van der Waals surface area contributed by atoms with Crippen molar-refractivity contribution in [2.75, 3.05) is 42.3 Å². The lowest BCUT2D eigenvalue weighted by molar-refractivity contribution is 0.372. The van der Waals surface area contributed by atoms with Crippen molar-refractivity contribution >= 4 is 8.56 Å². The Morgan fingerprint density at radius 1 is 0.407 bits per heavy atom. The van der Waals surface area contributed by atoms with E-state index in [9.17, 15) is 0 Å². The normalized spacial score (nSPS) is 12.7. The van der Waals surface area contributed by atoms with Crippen molar-refractivity contribution in [2.24, 2.45) is 0 Å². The van der Waals surface area contributed by atoms with E-state index >= 15 is 0 Å². The van der Waals surface area contributed by atoms with Crippen LogP contribution in [0.15, 0.2) is 0 Å². The summed E-state index contributed by atoms with van der Waals surface area (Å²) in [7, 11) is 11.9. The second-order valence-corrected chi connectivity index (χ2v) is 13.9. The number of hydrogen-bond acceptors (Lipinski definition) is 3. The molecule has 0 aliphatic carbocycles. The zero-order valence-corrected chi connectivity index (χ0v) is 21.2. The van der Waals surface area contributed by atoms with Crippen molar-refractivity contribution < 1.29 is 0 Å². The third-order valence-corrected chi connectivity index (χ3v) is 11.6. The van der Waals surface area contributed by atoms with E-state index in [0.717, 1.165) is 0 Å². The Labute approximate surface area is 174 Å². The van der Waals surface area contributed by atoms with E-state index in [1.165, 1.54) is 102 Å². The molecule has 0 fully saturated rings. The van der Waals surface area contributed by atoms with E-state index in [4.69, 9.17) is 0 Å². The quantitative estimate of drug-likeness (QED) is 0.182. The summed E-state index contributed by atoms with van der Waals surface area (Å²) in [5.41, 5.74) is 0. The van der Waals surface area contributed by atoms with Crippen molar-refractivity contribution in [1.82, 2.24) is 13.7 Å². The van der Waals surface area contributed by atoms with Gasteiger partial charge in [0.1, 0.15) is 0 Å². The first-order valence-corrected chi connectivity index (χ1v) is 14.0. The van der Waals surface area contributed by atoms with Gasteiger partial charge in [-0.1, -0.05) is 103 Å². The molecule has 0 atom stereocenters. The smallest absolute Gasteiger partial charge is 0.288 e. The zero-order chi connectivity index (χ0) is 20.5. The molecule has 0 aromatic rings. The summed E-state index contributed by atoms with van der Waals surface area (Å²) in [4.78, 5) is 0. The molecule has 0 amide bonds. The zero-order valence-electron chi connectivity index (χ0n) is 20.2. The molecule has 4 heteroatoms. The summed E-state index contributed by atoms with van der Waals surface area (Å²) in [5, 5.41) is 0. The van der Waals surface area contributed by atoms with Crippen LogP contribution in [0.5, 0.6) is 0 Å². The van der Waals surface area contributed by atoms with Crippen LogP contribution in [0, 0.1) is 0 Å². The van der Waals surface area contributed by atoms with Gasteiger partial charge in [-0.05, 0) is 48.3 Å². The van der Waals surface area contributed by atoms with Crippen LogP contribution in [0.25, 0.3) is 0 Å². The molecule has 164 valence electrons. The van der Waals surface area contributed by atoms with E-state index in [2.05, 4.69) is 62.9 Å². The summed E-state index contributed by atoms with van der Waals surface area (Å²) in [6, 6.07) is 1.35. The van der Waals surface area contributed by atoms with Gasteiger partial charge in [0.2, 0.25) is 0 Å². The Morgan fingerprint density at radius 2 is 0.667 bits per heavy atom. The second-order valence-electron chi connectivity index (χ2n) is 9.16. The first kappa shape index (κ1) is 27.1. The highest BCUT2D eigenvalue weighted by molar-refractivity contribution is 6.71. The SMILES string of the molecule is CCCCCCCCCCCCCCCCC[Si](N(C)C)(N(C)C)N(C)C. The monoisotopic (exact) mass is 399 g/mol. The maximum atomic E-state index is 2.50. The van der Waals surface area contributed by atoms with Gasteiger partial charge < -0.3 is 13.7 Å². The molecule has 0 radical (unpaired) electrons. The fourth-order valence-corrected chi connectivity index (χ4v) is 9.07. The van der Waals surface area contributed by atoms with Crippen LogP contribution in [0.4, 0.5) is 0 Å². The summed E-state index contributed by atoms with van der Waals surface area (Å²) in [6.07, 6.45) is 21.6. The van der Waals surface area contributed by atoms with Gasteiger partial charge in [0, 0.05) is 0 Å². The Morgan fingerprint density at radius 3 is 0.926 bits per heavy atom. The van der Waals surface area contributed by atoms with Crippen LogP contribution < -0.4 is 0 Å². The minimum absolute atomic E-state index is 1.35. The van der Waals surface area contributed by atoms with Gasteiger partial charge in [-0.3, -0.25) is 0 Å². The maximum Gasteiger partial charge on any atom is 0.288 e. The van der Waals surface area contributed by atoms with E-state index in [1.54, 1.807) is 0 Å². The molecule has 0 rings (SSSR count). The number of unbranched alkanes of at least 4 members (excludes halogenated alkanes) is 14. The Balaban J connectivity index is 3.59. The van der Waals surface area contributed by atoms with Crippen LogP contribution in [0.1, 0.15) is 103 Å². The van der Waals surface area contributed by atoms with E-state index in [-0.39, 0.29) is 0 Å². The Bertz CT molecular complexity index is 297. The fraction of sp³-hybridized carbons (Fsp3) is 1.00. The van der Waals surface area contributed by atoms with Crippen molar-refractivity contribution in [3.63, 3.8) is 0 Å². The maximum absolute atomic E-state index is 2.50. The Kier molecular flexibility index (Phi) is 17.1. The summed E-state index contributed by atoms with van der Waals surface area (Å²) < 4.78 is 7.49. The topological polar surface area (TPSA) is 9.72 Å². The summed E-state index contributed by atoms with van der Waals surface area (Å²) in [5.74, 6) is 0. The third kappa shape index (κ3) is 11.6. The highest BCUT2D eigenvalue weighted by atomic mass is 28.4. The largest absolute Gasteiger partial charge is 0.305 e. The lowest BCUT2D eigenvalue weighted by atomic mass is 10.0. The molecule has 0 unspecified atom stereocenters. The lowest BCUT2D eigenvalue weighted by Crippen LogP contribution is -2.69. The van der Waals surface area contributed by atoms with Crippen LogP contribution >= 0.6 is 0 Å². The summed E-state index contributed by atoms with van der Waals surface area (Å²) >= 11 is 0. The molecular formula is C23H53N3Si. The molecule has 27 heavy (non-hydrogen) atoms. The Hall–Kier alpha value is 0.0969. The van der Waals surface area contributed by atoms with E-state index in [0.29, 0.717) is 0 Å². The van der Waals surface area contributed by atoms with E-state index in [1.807, 2.05) is 0 Å². The van der Waals surface area contributed by atoms with Crippen molar-refractivity contribution in [3.05, 3.63) is 0 Å². The number of rotatable bonds is 19. The summed E-state index contributed by atoms with van der Waals surface area (Å²) in [6.45, 7) is 2.30. The molecule has 0 aliphatic heterocycles. The lowest BCUT2D eigenvalue weighted by Gasteiger charge is -2.46. The van der Waals surface area contributed by atoms with E-state index < -0.39 is 8.56 Å². The molecule has 0 bridgehead atoms. The van der Waals surface area contributed by atoms with Gasteiger partial charge >= 0.3 is 0 Å². The van der Waals surface area contributed by atoms with Crippen molar-refractivity contribution in [3.8, 4) is 0 Å². The van der Waals surface area contributed by atoms with Crippen LogP contribution in [0.2, 0.25) is 6.04 Å². The molecule has 0 aromatic carbocycles. The first-order chi connectivity index (χ1) is 12.9. The van der Waals surface area contributed by atoms with Crippen LogP contribution in [-0.4, -0.2) is 64.5 Å². The molecule has 0 N–H and O–H groups in total. The minimum atomic E-state index is -1.63.